The molecule has 2 saturated carbocycles. The van der Waals surface area contributed by atoms with Crippen molar-refractivity contribution in [1.29, 1.82) is 0 Å². The molecule has 1 N–H and O–H groups in total. The Balaban J connectivity index is 1.05. The van der Waals surface area contributed by atoms with Crippen molar-refractivity contribution < 1.29 is 58.5 Å². The average molecular weight is 924 g/mol. The van der Waals surface area contributed by atoms with Gasteiger partial charge in [-0.3, -0.25) is 0 Å². The predicted octanol–water partition coefficient (Wildman–Crippen LogP) is 13.5. The number of benzene rings is 1. The van der Waals surface area contributed by atoms with Gasteiger partial charge in [-0.05, 0) is 142 Å². The zero-order valence-corrected chi connectivity index (χ0v) is 38.2. The molecular formula is C45H70F9NO4S2. The van der Waals surface area contributed by atoms with Crippen molar-refractivity contribution in [3.63, 3.8) is 0 Å². The minimum Gasteiger partial charge on any atom is -0.492 e. The molecule has 0 saturated heterocycles. The molecule has 4 rings (SSSR count). The normalized spacial score (nSPS) is 23.8. The van der Waals surface area contributed by atoms with Crippen LogP contribution in [0, 0.1) is 29.1 Å². The van der Waals surface area contributed by atoms with Crippen LogP contribution in [0.2, 0.25) is 0 Å². The maximum Gasteiger partial charge on any atom is 0.435 e. The number of unbranched alkanes of at least 4 members (excludes halogenated alkanes) is 3. The van der Waals surface area contributed by atoms with E-state index in [1.54, 1.807) is 0 Å². The van der Waals surface area contributed by atoms with Gasteiger partial charge in [0.15, 0.2) is 0 Å². The largest absolute Gasteiger partial charge is 0.492 e. The highest BCUT2D eigenvalue weighted by Crippen LogP contribution is 2.62. The van der Waals surface area contributed by atoms with Gasteiger partial charge in [-0.1, -0.05) is 74.6 Å². The van der Waals surface area contributed by atoms with E-state index in [-0.39, 0.29) is 18.1 Å². The Hall–Kier alpha value is -1.07. The van der Waals surface area contributed by atoms with E-state index in [2.05, 4.69) is 49.9 Å². The van der Waals surface area contributed by atoms with Gasteiger partial charge in [-0.15, -0.1) is 0 Å². The minimum absolute atomic E-state index is 0.248. The standard InChI is InChI=1S/C45H70F9NO4S2/c1-5-33(30-32(2)3)12-10-23-56-27-29-61-60-28-9-7-6-8-21-55-22-26-57-35-14-16-36-34(31-35)13-15-38-37(36)19-20-41(4)39(38)17-18-40(41)58-24-11-25-59-42(43(46,47)48,44(49,50)51)45(52,53)54/h14,16,31-33,37-40,55H,5-13,15,17-30H2,1-4H3. The molecule has 5 nitrogen and oxygen atoms in total. The molecule has 3 aliphatic rings. The number of ether oxygens (including phenoxy) is 4. The number of aryl methyl sites for hydroxylation is 1. The Morgan fingerprint density at radius 3 is 2.20 bits per heavy atom. The Labute approximate surface area is 366 Å². The van der Waals surface area contributed by atoms with E-state index in [4.69, 9.17) is 14.2 Å². The topological polar surface area (TPSA) is 49.0 Å². The number of fused-ring (bicyclic) bond motifs is 5. The summed E-state index contributed by atoms with van der Waals surface area (Å²) in [4.78, 5) is 0. The van der Waals surface area contributed by atoms with Crippen molar-refractivity contribution in [2.24, 2.45) is 29.1 Å². The van der Waals surface area contributed by atoms with Crippen LogP contribution in [0.25, 0.3) is 0 Å². The monoisotopic (exact) mass is 923 g/mol. The van der Waals surface area contributed by atoms with E-state index < -0.39 is 37.2 Å². The van der Waals surface area contributed by atoms with Crippen LogP contribution in [0.15, 0.2) is 18.2 Å². The Kier molecular flexibility index (Phi) is 21.1. The van der Waals surface area contributed by atoms with Crippen LogP contribution < -0.4 is 10.1 Å². The molecule has 0 aliphatic heterocycles. The van der Waals surface area contributed by atoms with Gasteiger partial charge < -0.3 is 24.3 Å². The van der Waals surface area contributed by atoms with Gasteiger partial charge in [-0.2, -0.15) is 39.5 Å². The fourth-order valence-corrected chi connectivity index (χ4v) is 12.2. The second kappa shape index (κ2) is 24.5. The summed E-state index contributed by atoms with van der Waals surface area (Å²) < 4.78 is 140. The molecular weight excluding hydrogens is 854 g/mol. The van der Waals surface area contributed by atoms with Gasteiger partial charge in [-0.25, -0.2) is 0 Å². The molecule has 6 atom stereocenters. The molecule has 354 valence electrons. The van der Waals surface area contributed by atoms with Crippen molar-refractivity contribution in [2.45, 2.75) is 160 Å². The number of nitrogens with one attached hydrogen (secondary N) is 1. The van der Waals surface area contributed by atoms with Crippen LogP contribution in [0.5, 0.6) is 5.75 Å². The average Bonchev–Trinajstić information content (AvgIpc) is 3.52. The van der Waals surface area contributed by atoms with Crippen LogP contribution in [0.1, 0.15) is 135 Å². The fraction of sp³-hybridized carbons (Fsp3) is 0.867. The van der Waals surface area contributed by atoms with Crippen molar-refractivity contribution in [1.82, 2.24) is 5.32 Å². The number of rotatable bonds is 28. The van der Waals surface area contributed by atoms with Crippen LogP contribution in [-0.2, 0) is 20.6 Å². The highest BCUT2D eigenvalue weighted by molar-refractivity contribution is 8.76. The number of hydrogen-bond donors (Lipinski definition) is 1. The highest BCUT2D eigenvalue weighted by atomic mass is 33.1. The van der Waals surface area contributed by atoms with Crippen molar-refractivity contribution in [2.75, 3.05) is 57.6 Å². The van der Waals surface area contributed by atoms with Crippen molar-refractivity contribution in [3.8, 4) is 5.75 Å². The van der Waals surface area contributed by atoms with Gasteiger partial charge in [0.1, 0.15) is 12.4 Å². The zero-order valence-electron chi connectivity index (χ0n) is 36.5. The Morgan fingerprint density at radius 2 is 1.49 bits per heavy atom. The molecule has 3 aliphatic carbocycles. The quantitative estimate of drug-likeness (QED) is 0.0510. The molecule has 16 heteroatoms. The molecule has 1 aromatic rings. The smallest absolute Gasteiger partial charge is 0.435 e. The third kappa shape index (κ3) is 14.5. The summed E-state index contributed by atoms with van der Waals surface area (Å²) in [5.74, 6) is 5.79. The van der Waals surface area contributed by atoms with Crippen molar-refractivity contribution in [3.05, 3.63) is 29.3 Å². The van der Waals surface area contributed by atoms with Crippen LogP contribution in [0.4, 0.5) is 39.5 Å². The second-order valence-electron chi connectivity index (χ2n) is 17.9. The Bertz CT molecular complexity index is 1380. The van der Waals surface area contributed by atoms with E-state index in [9.17, 15) is 39.5 Å². The molecule has 0 bridgehead atoms. The molecule has 6 unspecified atom stereocenters. The van der Waals surface area contributed by atoms with Gasteiger partial charge in [0.25, 0.3) is 0 Å². The summed E-state index contributed by atoms with van der Waals surface area (Å²) >= 11 is 0. The summed E-state index contributed by atoms with van der Waals surface area (Å²) in [7, 11) is 3.88. The first-order chi connectivity index (χ1) is 28.9. The van der Waals surface area contributed by atoms with E-state index in [1.807, 2.05) is 27.7 Å². The first kappa shape index (κ1) is 52.6. The molecule has 1 aromatic carbocycles. The molecule has 0 aromatic heterocycles. The number of hydrogen-bond acceptors (Lipinski definition) is 7. The fourth-order valence-electron chi connectivity index (χ4n) is 10.2. The van der Waals surface area contributed by atoms with Crippen LogP contribution in [0.3, 0.4) is 0 Å². The molecule has 61 heavy (non-hydrogen) atoms. The molecule has 0 heterocycles. The minimum atomic E-state index is -6.74. The van der Waals surface area contributed by atoms with E-state index in [1.165, 1.54) is 61.8 Å². The van der Waals surface area contributed by atoms with Crippen LogP contribution in [-0.4, -0.2) is 87.9 Å². The maximum atomic E-state index is 13.2. The number of alkyl halides is 9. The third-order valence-corrected chi connectivity index (χ3v) is 15.7. The first-order valence-electron chi connectivity index (χ1n) is 22.6. The second-order valence-corrected chi connectivity index (χ2v) is 20.7. The molecule has 0 amide bonds. The zero-order chi connectivity index (χ0) is 44.7. The van der Waals surface area contributed by atoms with E-state index in [0.29, 0.717) is 30.8 Å². The Morgan fingerprint density at radius 1 is 0.770 bits per heavy atom. The first-order valence-corrected chi connectivity index (χ1v) is 25.1. The van der Waals surface area contributed by atoms with Gasteiger partial charge in [0, 0.05) is 31.3 Å². The molecule has 0 spiro atoms. The highest BCUT2D eigenvalue weighted by Gasteiger charge is 2.85. The van der Waals surface area contributed by atoms with Crippen molar-refractivity contribution >= 4 is 21.6 Å². The van der Waals surface area contributed by atoms with E-state index in [0.717, 1.165) is 88.2 Å². The van der Waals surface area contributed by atoms with Gasteiger partial charge in [0.05, 0.1) is 19.3 Å². The summed E-state index contributed by atoms with van der Waals surface area (Å²) in [5, 5.41) is 3.49. The maximum absolute atomic E-state index is 13.2. The van der Waals surface area contributed by atoms with E-state index >= 15 is 0 Å². The third-order valence-electron chi connectivity index (χ3n) is 13.3. The molecule has 0 radical (unpaired) electrons. The molecule has 2 fully saturated rings. The lowest BCUT2D eigenvalue weighted by molar-refractivity contribution is -0.457. The lowest BCUT2D eigenvalue weighted by Crippen LogP contribution is -2.67. The summed E-state index contributed by atoms with van der Waals surface area (Å²) in [6.45, 7) is 11.4. The number of halogens is 9. The van der Waals surface area contributed by atoms with Gasteiger partial charge in [0.2, 0.25) is 0 Å². The lowest BCUT2D eigenvalue weighted by Gasteiger charge is -2.50. The van der Waals surface area contributed by atoms with Gasteiger partial charge >= 0.3 is 24.1 Å². The summed E-state index contributed by atoms with van der Waals surface area (Å²) in [6, 6.07) is 6.39. The predicted molar refractivity (Wildman–Crippen MR) is 227 cm³/mol. The summed E-state index contributed by atoms with van der Waals surface area (Å²) in [6.07, 6.45) is -6.00. The van der Waals surface area contributed by atoms with Crippen LogP contribution >= 0.6 is 21.6 Å². The SMILES string of the molecule is CCC(CCCOCCSSCCCCCCNCCOc1ccc2c(c1)CCC1C2CCC2(C)C(OCCCOC(C(F)(F)F)(C(F)(F)F)C(F)(F)F)CCC12)CC(C)C. The lowest BCUT2D eigenvalue weighted by atomic mass is 9.55. The summed E-state index contributed by atoms with van der Waals surface area (Å²) in [5.41, 5.74) is -3.87.